The Morgan fingerprint density at radius 3 is 2.59 bits per heavy atom. The maximum Gasteiger partial charge on any atom is 0.233 e. The fourth-order valence-electron chi connectivity index (χ4n) is 2.34. The Labute approximate surface area is 179 Å². The molecule has 0 bridgehead atoms. The lowest BCUT2D eigenvalue weighted by Gasteiger charge is -2.30. The van der Waals surface area contributed by atoms with Gasteiger partial charge >= 0.3 is 0 Å². The van der Waals surface area contributed by atoms with Crippen LogP contribution in [0.15, 0.2) is 12.3 Å². The number of nitrogens with zero attached hydrogens (tertiary/aromatic N) is 3. The van der Waals surface area contributed by atoms with E-state index in [1.807, 2.05) is 27.7 Å². The molecule has 1 aromatic heterocycles. The minimum Gasteiger partial charge on any atom is -0.491 e. The molecule has 0 aliphatic rings. The Hall–Kier alpha value is -2.17. The van der Waals surface area contributed by atoms with Gasteiger partial charge in [0.2, 0.25) is 5.82 Å². The van der Waals surface area contributed by atoms with Gasteiger partial charge in [-0.1, -0.05) is 32.4 Å². The average Bonchev–Trinajstić information content (AvgIpc) is 2.65. The van der Waals surface area contributed by atoms with Crippen molar-refractivity contribution in [1.29, 1.82) is 5.26 Å². The predicted molar refractivity (Wildman–Crippen MR) is 110 cm³/mol. The third kappa shape index (κ3) is 5.46. The van der Waals surface area contributed by atoms with Crippen LogP contribution in [0.25, 0.3) is 11.1 Å². The van der Waals surface area contributed by atoms with Crippen LogP contribution in [-0.4, -0.2) is 28.5 Å². The van der Waals surface area contributed by atoms with Crippen molar-refractivity contribution >= 4 is 28.9 Å². The van der Waals surface area contributed by atoms with E-state index < -0.39 is 17.2 Å². The van der Waals surface area contributed by atoms with E-state index in [1.165, 1.54) is 0 Å². The van der Waals surface area contributed by atoms with E-state index in [1.54, 1.807) is 6.07 Å². The van der Waals surface area contributed by atoms with E-state index in [4.69, 9.17) is 33.2 Å². The lowest BCUT2D eigenvalue weighted by Crippen LogP contribution is -2.31. The van der Waals surface area contributed by atoms with Crippen LogP contribution in [0.3, 0.4) is 0 Å². The standard InChI is InChI=1S/C20H22Cl2F2N4O/c1-11(20(2,3)4)27-18-14(29-7-5-6-21)8-13(23)16(17(18)24)12-10-26-15(9-25)28-19(12)22/h8,10-11,27H,5-7H2,1-4H3. The van der Waals surface area contributed by atoms with Crippen molar-refractivity contribution in [3.05, 3.63) is 34.9 Å². The molecular formula is C20H22Cl2F2N4O. The third-order valence-electron chi connectivity index (χ3n) is 4.49. The molecule has 0 amide bonds. The number of aromatic nitrogens is 2. The quantitative estimate of drug-likeness (QED) is 0.333. The van der Waals surface area contributed by atoms with Crippen LogP contribution in [0.2, 0.25) is 5.15 Å². The summed E-state index contributed by atoms with van der Waals surface area (Å²) in [6, 6.07) is 2.66. The van der Waals surface area contributed by atoms with E-state index in [-0.39, 0.29) is 46.0 Å². The van der Waals surface area contributed by atoms with Gasteiger partial charge in [-0.2, -0.15) is 5.26 Å². The molecule has 0 spiro atoms. The summed E-state index contributed by atoms with van der Waals surface area (Å²) in [6.07, 6.45) is 1.65. The monoisotopic (exact) mass is 442 g/mol. The molecule has 2 rings (SSSR count). The van der Waals surface area contributed by atoms with Crippen LogP contribution in [0, 0.1) is 28.4 Å². The maximum atomic E-state index is 15.5. The van der Waals surface area contributed by atoms with Crippen molar-refractivity contribution in [3.8, 4) is 22.9 Å². The van der Waals surface area contributed by atoms with Gasteiger partial charge in [0.05, 0.1) is 12.2 Å². The summed E-state index contributed by atoms with van der Waals surface area (Å²) in [7, 11) is 0. The maximum absolute atomic E-state index is 15.5. The number of halogens is 4. The lowest BCUT2D eigenvalue weighted by molar-refractivity contribution is 0.313. The third-order valence-corrected chi connectivity index (χ3v) is 5.04. The van der Waals surface area contributed by atoms with Crippen LogP contribution in [0.4, 0.5) is 14.5 Å². The average molecular weight is 443 g/mol. The van der Waals surface area contributed by atoms with Crippen molar-refractivity contribution in [2.45, 2.75) is 40.2 Å². The Balaban J connectivity index is 2.62. The molecule has 2 aromatic rings. The van der Waals surface area contributed by atoms with Gasteiger partial charge in [0.15, 0.2) is 5.82 Å². The van der Waals surface area contributed by atoms with Gasteiger partial charge in [0.1, 0.15) is 28.5 Å². The summed E-state index contributed by atoms with van der Waals surface area (Å²) in [5, 5.41) is 11.7. The Bertz CT molecular complexity index is 926. The largest absolute Gasteiger partial charge is 0.491 e. The molecule has 1 unspecified atom stereocenters. The summed E-state index contributed by atoms with van der Waals surface area (Å²) in [4.78, 5) is 7.53. The first-order chi connectivity index (χ1) is 13.6. The topological polar surface area (TPSA) is 70.8 Å². The highest BCUT2D eigenvalue weighted by molar-refractivity contribution is 6.32. The molecule has 29 heavy (non-hydrogen) atoms. The van der Waals surface area contributed by atoms with Crippen LogP contribution in [0.5, 0.6) is 5.75 Å². The van der Waals surface area contributed by atoms with Gasteiger partial charge in [-0.05, 0) is 18.8 Å². The van der Waals surface area contributed by atoms with Crippen molar-refractivity contribution in [3.63, 3.8) is 0 Å². The second-order valence-corrected chi connectivity index (χ2v) is 8.29. The van der Waals surface area contributed by atoms with E-state index in [0.717, 1.165) is 12.3 Å². The Kier molecular flexibility index (Phi) is 7.61. The van der Waals surface area contributed by atoms with E-state index in [0.29, 0.717) is 12.3 Å². The predicted octanol–water partition coefficient (Wildman–Crippen LogP) is 5.80. The molecular weight excluding hydrogens is 421 g/mol. The fraction of sp³-hybridized carbons (Fsp3) is 0.450. The van der Waals surface area contributed by atoms with Crippen LogP contribution < -0.4 is 10.1 Å². The summed E-state index contributed by atoms with van der Waals surface area (Å²) < 4.78 is 36.0. The molecule has 0 saturated carbocycles. The molecule has 1 atom stereocenters. The number of benzene rings is 1. The van der Waals surface area contributed by atoms with Crippen LogP contribution >= 0.6 is 23.2 Å². The van der Waals surface area contributed by atoms with Gasteiger partial charge in [-0.15, -0.1) is 11.6 Å². The van der Waals surface area contributed by atoms with E-state index >= 15 is 4.39 Å². The number of alkyl halides is 1. The second kappa shape index (κ2) is 9.55. The van der Waals surface area contributed by atoms with E-state index in [9.17, 15) is 4.39 Å². The molecule has 1 heterocycles. The summed E-state index contributed by atoms with van der Waals surface area (Å²) >= 11 is 11.7. The molecule has 0 aliphatic carbocycles. The molecule has 156 valence electrons. The Morgan fingerprint density at radius 2 is 2.03 bits per heavy atom. The van der Waals surface area contributed by atoms with Gasteiger partial charge in [0.25, 0.3) is 0 Å². The van der Waals surface area contributed by atoms with E-state index in [2.05, 4.69) is 15.3 Å². The molecule has 9 heteroatoms. The minimum absolute atomic E-state index is 0.0128. The number of nitrogens with one attached hydrogen (secondary N) is 1. The molecule has 1 N–H and O–H groups in total. The molecule has 5 nitrogen and oxygen atoms in total. The number of nitriles is 1. The van der Waals surface area contributed by atoms with Crippen molar-refractivity contribution < 1.29 is 13.5 Å². The summed E-state index contributed by atoms with van der Waals surface area (Å²) in [6.45, 7) is 8.08. The number of rotatable bonds is 7. The zero-order chi connectivity index (χ0) is 21.8. The molecule has 1 aromatic carbocycles. The minimum atomic E-state index is -0.882. The number of hydrogen-bond acceptors (Lipinski definition) is 5. The second-order valence-electron chi connectivity index (χ2n) is 7.55. The number of hydrogen-bond donors (Lipinski definition) is 1. The van der Waals surface area contributed by atoms with Gasteiger partial charge in [-0.3, -0.25) is 0 Å². The van der Waals surface area contributed by atoms with Crippen molar-refractivity contribution in [1.82, 2.24) is 9.97 Å². The zero-order valence-electron chi connectivity index (χ0n) is 16.6. The lowest BCUT2D eigenvalue weighted by atomic mass is 9.88. The number of anilines is 1. The molecule has 0 radical (unpaired) electrons. The first kappa shape index (κ1) is 23.1. The van der Waals surface area contributed by atoms with Crippen LogP contribution in [0.1, 0.15) is 39.9 Å². The highest BCUT2D eigenvalue weighted by Gasteiger charge is 2.27. The van der Waals surface area contributed by atoms with Crippen LogP contribution in [-0.2, 0) is 0 Å². The first-order valence-electron chi connectivity index (χ1n) is 9.00. The van der Waals surface area contributed by atoms with Gasteiger partial charge in [0, 0.05) is 29.7 Å². The Morgan fingerprint density at radius 1 is 1.34 bits per heavy atom. The summed E-state index contributed by atoms with van der Waals surface area (Å²) in [5.74, 6) is -1.55. The molecule has 0 saturated heterocycles. The summed E-state index contributed by atoms with van der Waals surface area (Å²) in [5.41, 5.74) is -0.644. The highest BCUT2D eigenvalue weighted by atomic mass is 35.5. The smallest absolute Gasteiger partial charge is 0.233 e. The van der Waals surface area contributed by atoms with Gasteiger partial charge in [-0.25, -0.2) is 18.7 Å². The SMILES string of the molecule is CC(Nc1c(OCCCCl)cc(F)c(-c2cnc(C#N)nc2Cl)c1F)C(C)(C)C. The first-order valence-corrected chi connectivity index (χ1v) is 9.91. The fourth-order valence-corrected chi connectivity index (χ4v) is 2.68. The van der Waals surface area contributed by atoms with Crippen molar-refractivity contribution in [2.24, 2.45) is 5.41 Å². The molecule has 0 fully saturated rings. The normalized spacial score (nSPS) is 12.4. The molecule has 0 aliphatic heterocycles. The zero-order valence-corrected chi connectivity index (χ0v) is 18.1. The van der Waals surface area contributed by atoms with Crippen molar-refractivity contribution in [2.75, 3.05) is 17.8 Å². The highest BCUT2D eigenvalue weighted by Crippen LogP contribution is 2.40. The number of ether oxygens (including phenoxy) is 1. The van der Waals surface area contributed by atoms with Gasteiger partial charge < -0.3 is 10.1 Å².